The van der Waals surface area contributed by atoms with Crippen LogP contribution >= 0.6 is 11.8 Å². The van der Waals surface area contributed by atoms with Gasteiger partial charge in [0, 0.05) is 16.6 Å². The highest BCUT2D eigenvalue weighted by atomic mass is 32.2. The van der Waals surface area contributed by atoms with Crippen LogP contribution in [-0.4, -0.2) is 17.7 Å². The molecule has 3 N–H and O–H groups in total. The zero-order chi connectivity index (χ0) is 12.8. The van der Waals surface area contributed by atoms with E-state index in [0.29, 0.717) is 5.75 Å². The molecule has 1 aromatic carbocycles. The zero-order valence-electron chi connectivity index (χ0n) is 10.6. The smallest absolute Gasteiger partial charge is 0.230 e. The van der Waals surface area contributed by atoms with Gasteiger partial charge in [0.15, 0.2) is 0 Å². The van der Waals surface area contributed by atoms with E-state index >= 15 is 0 Å². The predicted molar refractivity (Wildman–Crippen MR) is 74.2 cm³/mol. The molecular weight excluding hydrogens is 232 g/mol. The number of benzene rings is 1. The molecule has 1 aromatic rings. The normalized spacial score (nSPS) is 12.2. The minimum Gasteiger partial charge on any atom is -0.398 e. The van der Waals surface area contributed by atoms with Crippen molar-refractivity contribution in [1.29, 1.82) is 0 Å². The lowest BCUT2D eigenvalue weighted by Crippen LogP contribution is -2.33. The van der Waals surface area contributed by atoms with Crippen LogP contribution < -0.4 is 11.1 Å². The number of carbonyl (C=O) groups is 1. The SMILES string of the molecule is CCC(C)NC(=O)CSc1cccc(N)c1C. The molecular formula is C13H20N2OS. The second kappa shape index (κ2) is 6.55. The number of amides is 1. The molecule has 0 saturated heterocycles. The summed E-state index contributed by atoms with van der Waals surface area (Å²) in [6.07, 6.45) is 0.952. The van der Waals surface area contributed by atoms with E-state index in [4.69, 9.17) is 5.73 Å². The van der Waals surface area contributed by atoms with Crippen molar-refractivity contribution in [3.05, 3.63) is 23.8 Å². The summed E-state index contributed by atoms with van der Waals surface area (Å²) in [5.41, 5.74) is 7.64. The second-order valence-electron chi connectivity index (χ2n) is 4.14. The molecule has 0 fully saturated rings. The van der Waals surface area contributed by atoms with E-state index in [-0.39, 0.29) is 11.9 Å². The van der Waals surface area contributed by atoms with E-state index in [2.05, 4.69) is 12.2 Å². The second-order valence-corrected chi connectivity index (χ2v) is 5.15. The van der Waals surface area contributed by atoms with Crippen molar-refractivity contribution in [2.24, 2.45) is 0 Å². The van der Waals surface area contributed by atoms with Gasteiger partial charge in [0.05, 0.1) is 5.75 Å². The van der Waals surface area contributed by atoms with Crippen LogP contribution in [0.1, 0.15) is 25.8 Å². The number of anilines is 1. The third-order valence-corrected chi connectivity index (χ3v) is 3.86. The summed E-state index contributed by atoms with van der Waals surface area (Å²) in [5.74, 6) is 0.514. The third kappa shape index (κ3) is 4.30. The Labute approximate surface area is 107 Å². The van der Waals surface area contributed by atoms with E-state index < -0.39 is 0 Å². The Morgan fingerprint density at radius 1 is 1.53 bits per heavy atom. The maximum absolute atomic E-state index is 11.6. The highest BCUT2D eigenvalue weighted by molar-refractivity contribution is 8.00. The monoisotopic (exact) mass is 252 g/mol. The number of thioether (sulfide) groups is 1. The highest BCUT2D eigenvalue weighted by Gasteiger charge is 2.08. The molecule has 0 aliphatic rings. The van der Waals surface area contributed by atoms with Crippen molar-refractivity contribution in [1.82, 2.24) is 5.32 Å². The van der Waals surface area contributed by atoms with Crippen LogP contribution in [0.15, 0.2) is 23.1 Å². The fourth-order valence-corrected chi connectivity index (χ4v) is 2.23. The number of nitrogens with two attached hydrogens (primary N) is 1. The van der Waals surface area contributed by atoms with Crippen molar-refractivity contribution in [3.8, 4) is 0 Å². The molecule has 3 nitrogen and oxygen atoms in total. The molecule has 0 radical (unpaired) electrons. The van der Waals surface area contributed by atoms with Crippen molar-refractivity contribution in [3.63, 3.8) is 0 Å². The summed E-state index contributed by atoms with van der Waals surface area (Å²) in [6, 6.07) is 6.02. The van der Waals surface area contributed by atoms with E-state index in [9.17, 15) is 4.79 Å². The van der Waals surface area contributed by atoms with Crippen LogP contribution in [0.3, 0.4) is 0 Å². The average molecular weight is 252 g/mol. The molecule has 1 amide bonds. The van der Waals surface area contributed by atoms with Crippen LogP contribution in [0.2, 0.25) is 0 Å². The first-order valence-corrected chi connectivity index (χ1v) is 6.80. The summed E-state index contributed by atoms with van der Waals surface area (Å²) in [5, 5.41) is 2.94. The largest absolute Gasteiger partial charge is 0.398 e. The predicted octanol–water partition coefficient (Wildman–Crippen LogP) is 2.58. The Morgan fingerprint density at radius 3 is 2.88 bits per heavy atom. The highest BCUT2D eigenvalue weighted by Crippen LogP contribution is 2.25. The van der Waals surface area contributed by atoms with Crippen LogP contribution in [0.25, 0.3) is 0 Å². The standard InChI is InChI=1S/C13H20N2OS/c1-4-9(2)15-13(16)8-17-12-7-5-6-11(14)10(12)3/h5-7,9H,4,8,14H2,1-3H3,(H,15,16). The van der Waals surface area contributed by atoms with E-state index in [1.54, 1.807) is 0 Å². The summed E-state index contributed by atoms with van der Waals surface area (Å²) in [6.45, 7) is 6.04. The van der Waals surface area contributed by atoms with Gasteiger partial charge in [-0.05, 0) is 38.0 Å². The van der Waals surface area contributed by atoms with Crippen molar-refractivity contribution in [2.45, 2.75) is 38.1 Å². The first-order valence-electron chi connectivity index (χ1n) is 5.81. The van der Waals surface area contributed by atoms with Gasteiger partial charge in [-0.2, -0.15) is 0 Å². The zero-order valence-corrected chi connectivity index (χ0v) is 11.4. The molecule has 1 atom stereocenters. The van der Waals surface area contributed by atoms with Gasteiger partial charge in [-0.1, -0.05) is 13.0 Å². The summed E-state index contributed by atoms with van der Waals surface area (Å²) in [4.78, 5) is 12.7. The molecule has 17 heavy (non-hydrogen) atoms. The van der Waals surface area contributed by atoms with Gasteiger partial charge in [-0.15, -0.1) is 11.8 Å². The number of nitrogens with one attached hydrogen (secondary N) is 1. The number of hydrogen-bond donors (Lipinski definition) is 2. The molecule has 1 rings (SSSR count). The van der Waals surface area contributed by atoms with Gasteiger partial charge in [-0.25, -0.2) is 0 Å². The molecule has 0 aromatic heterocycles. The minimum atomic E-state index is 0.0752. The molecule has 1 unspecified atom stereocenters. The molecule has 0 spiro atoms. The number of rotatable bonds is 5. The average Bonchev–Trinajstić information content (AvgIpc) is 2.31. The molecule has 0 heterocycles. The number of carbonyl (C=O) groups excluding carboxylic acids is 1. The maximum Gasteiger partial charge on any atom is 0.230 e. The lowest BCUT2D eigenvalue weighted by Gasteiger charge is -2.12. The van der Waals surface area contributed by atoms with E-state index in [0.717, 1.165) is 22.6 Å². The van der Waals surface area contributed by atoms with E-state index in [1.807, 2.05) is 32.0 Å². The van der Waals surface area contributed by atoms with Gasteiger partial charge >= 0.3 is 0 Å². The van der Waals surface area contributed by atoms with Gasteiger partial charge in [0.2, 0.25) is 5.91 Å². The van der Waals surface area contributed by atoms with Crippen LogP contribution in [0.5, 0.6) is 0 Å². The fourth-order valence-electron chi connectivity index (χ4n) is 1.35. The first kappa shape index (κ1) is 13.9. The van der Waals surface area contributed by atoms with Crippen molar-refractivity contribution < 1.29 is 4.79 Å². The van der Waals surface area contributed by atoms with Crippen LogP contribution in [-0.2, 0) is 4.79 Å². The maximum atomic E-state index is 11.6. The number of hydrogen-bond acceptors (Lipinski definition) is 3. The van der Waals surface area contributed by atoms with Crippen molar-refractivity contribution >= 4 is 23.4 Å². The first-order chi connectivity index (χ1) is 8.04. The quantitative estimate of drug-likeness (QED) is 0.625. The Morgan fingerprint density at radius 2 is 2.24 bits per heavy atom. The molecule has 0 saturated carbocycles. The molecule has 94 valence electrons. The summed E-state index contributed by atoms with van der Waals surface area (Å²) >= 11 is 1.53. The van der Waals surface area contributed by atoms with Gasteiger partial charge < -0.3 is 11.1 Å². The van der Waals surface area contributed by atoms with Crippen LogP contribution in [0, 0.1) is 6.92 Å². The third-order valence-electron chi connectivity index (χ3n) is 2.70. The Kier molecular flexibility index (Phi) is 5.35. The molecule has 4 heteroatoms. The Balaban J connectivity index is 2.50. The topological polar surface area (TPSA) is 55.1 Å². The Bertz CT molecular complexity index is 393. The number of nitrogen functional groups attached to an aromatic ring is 1. The Hall–Kier alpha value is -1.16. The van der Waals surface area contributed by atoms with Crippen LogP contribution in [0.4, 0.5) is 5.69 Å². The minimum absolute atomic E-state index is 0.0752. The van der Waals surface area contributed by atoms with Gasteiger partial charge in [0.1, 0.15) is 0 Å². The fraction of sp³-hybridized carbons (Fsp3) is 0.462. The van der Waals surface area contributed by atoms with Gasteiger partial charge in [0.25, 0.3) is 0 Å². The molecule has 0 aliphatic carbocycles. The summed E-state index contributed by atoms with van der Waals surface area (Å²) in [7, 11) is 0. The lowest BCUT2D eigenvalue weighted by atomic mass is 10.2. The summed E-state index contributed by atoms with van der Waals surface area (Å²) < 4.78 is 0. The van der Waals surface area contributed by atoms with E-state index in [1.165, 1.54) is 11.8 Å². The molecule has 0 aliphatic heterocycles. The van der Waals surface area contributed by atoms with Gasteiger partial charge in [-0.3, -0.25) is 4.79 Å². The van der Waals surface area contributed by atoms with Crippen molar-refractivity contribution in [2.75, 3.05) is 11.5 Å². The molecule has 0 bridgehead atoms. The lowest BCUT2D eigenvalue weighted by molar-refractivity contribution is -0.119.